The lowest BCUT2D eigenvalue weighted by atomic mass is 9.97. The summed E-state index contributed by atoms with van der Waals surface area (Å²) in [6.45, 7) is 14.0. The highest BCUT2D eigenvalue weighted by molar-refractivity contribution is 5.68. The normalized spacial score (nSPS) is 19.9. The number of nitrogens with zero attached hydrogens (tertiary/aromatic N) is 1. The standard InChI is InChI=1S/C17H34N2O2/c1-6-14(7-2)11-18-12-15-9-8-10-19(13-15)16(20)21-17(3,4)5/h14-15,18H,6-13H2,1-5H3. The fraction of sp³-hybridized carbons (Fsp3) is 0.941. The molecule has 124 valence electrons. The third-order valence-electron chi connectivity index (χ3n) is 4.19. The molecule has 0 bridgehead atoms. The lowest BCUT2D eigenvalue weighted by Gasteiger charge is -2.34. The van der Waals surface area contributed by atoms with Gasteiger partial charge >= 0.3 is 6.09 Å². The molecular weight excluding hydrogens is 264 g/mol. The Morgan fingerprint density at radius 3 is 2.57 bits per heavy atom. The largest absolute Gasteiger partial charge is 0.444 e. The minimum atomic E-state index is -0.405. The summed E-state index contributed by atoms with van der Waals surface area (Å²) in [5, 5.41) is 3.59. The summed E-state index contributed by atoms with van der Waals surface area (Å²) in [7, 11) is 0. The SMILES string of the molecule is CCC(CC)CNCC1CCCN(C(=O)OC(C)(C)C)C1. The molecule has 1 unspecified atom stereocenters. The van der Waals surface area contributed by atoms with Crippen LogP contribution in [0.1, 0.15) is 60.3 Å². The van der Waals surface area contributed by atoms with Crippen LogP contribution in [0.4, 0.5) is 4.79 Å². The highest BCUT2D eigenvalue weighted by Gasteiger charge is 2.27. The Hall–Kier alpha value is -0.770. The van der Waals surface area contributed by atoms with Crippen molar-refractivity contribution in [3.63, 3.8) is 0 Å². The van der Waals surface area contributed by atoms with Gasteiger partial charge in [-0.1, -0.05) is 26.7 Å². The quantitative estimate of drug-likeness (QED) is 0.813. The van der Waals surface area contributed by atoms with Crippen molar-refractivity contribution in [1.82, 2.24) is 10.2 Å². The van der Waals surface area contributed by atoms with Crippen LogP contribution in [0, 0.1) is 11.8 Å². The molecule has 1 fully saturated rings. The zero-order chi connectivity index (χ0) is 15.9. The first kappa shape index (κ1) is 18.3. The molecule has 21 heavy (non-hydrogen) atoms. The van der Waals surface area contributed by atoms with Crippen molar-refractivity contribution in [2.45, 2.75) is 65.9 Å². The van der Waals surface area contributed by atoms with Crippen LogP contribution in [0.3, 0.4) is 0 Å². The van der Waals surface area contributed by atoms with Crippen LogP contribution in [0.2, 0.25) is 0 Å². The van der Waals surface area contributed by atoms with Gasteiger partial charge in [-0.2, -0.15) is 0 Å². The maximum absolute atomic E-state index is 12.1. The van der Waals surface area contributed by atoms with E-state index >= 15 is 0 Å². The van der Waals surface area contributed by atoms with E-state index in [0.29, 0.717) is 5.92 Å². The molecule has 4 nitrogen and oxygen atoms in total. The number of likely N-dealkylation sites (tertiary alicyclic amines) is 1. The highest BCUT2D eigenvalue weighted by Crippen LogP contribution is 2.19. The maximum atomic E-state index is 12.1. The summed E-state index contributed by atoms with van der Waals surface area (Å²) in [4.78, 5) is 14.0. The Morgan fingerprint density at radius 1 is 1.33 bits per heavy atom. The predicted octanol–water partition coefficient (Wildman–Crippen LogP) is 3.66. The number of piperidine rings is 1. The second-order valence-electron chi connectivity index (χ2n) is 7.28. The van der Waals surface area contributed by atoms with Crippen LogP contribution in [0.25, 0.3) is 0 Å². The van der Waals surface area contributed by atoms with E-state index in [9.17, 15) is 4.79 Å². The van der Waals surface area contributed by atoms with Gasteiger partial charge in [0.05, 0.1) is 0 Å². The molecule has 1 atom stereocenters. The molecule has 0 spiro atoms. The molecule has 0 radical (unpaired) electrons. The van der Waals surface area contributed by atoms with Crippen molar-refractivity contribution in [3.8, 4) is 0 Å². The summed E-state index contributed by atoms with van der Waals surface area (Å²) >= 11 is 0. The van der Waals surface area contributed by atoms with Gasteiger partial charge in [-0.05, 0) is 58.5 Å². The zero-order valence-electron chi connectivity index (χ0n) is 14.6. The van der Waals surface area contributed by atoms with Gasteiger partial charge in [0.15, 0.2) is 0 Å². The van der Waals surface area contributed by atoms with Crippen molar-refractivity contribution in [3.05, 3.63) is 0 Å². The second-order valence-corrected chi connectivity index (χ2v) is 7.28. The highest BCUT2D eigenvalue weighted by atomic mass is 16.6. The van der Waals surface area contributed by atoms with Gasteiger partial charge in [-0.15, -0.1) is 0 Å². The first-order valence-corrected chi connectivity index (χ1v) is 8.54. The van der Waals surface area contributed by atoms with E-state index < -0.39 is 5.60 Å². The molecular formula is C17H34N2O2. The maximum Gasteiger partial charge on any atom is 0.410 e. The van der Waals surface area contributed by atoms with Crippen molar-refractivity contribution in [2.24, 2.45) is 11.8 Å². The molecule has 1 aliphatic rings. The van der Waals surface area contributed by atoms with Crippen LogP contribution < -0.4 is 5.32 Å². The molecule has 1 N–H and O–H groups in total. The number of hydrogen-bond donors (Lipinski definition) is 1. The van der Waals surface area contributed by atoms with E-state index in [0.717, 1.165) is 38.5 Å². The molecule has 0 saturated carbocycles. The van der Waals surface area contributed by atoms with Crippen molar-refractivity contribution in [1.29, 1.82) is 0 Å². The Bertz CT molecular complexity index is 308. The van der Waals surface area contributed by atoms with Gasteiger partial charge in [0, 0.05) is 13.1 Å². The van der Waals surface area contributed by atoms with Crippen molar-refractivity contribution in [2.75, 3.05) is 26.2 Å². The number of rotatable bonds is 6. The number of nitrogens with one attached hydrogen (secondary N) is 1. The number of amides is 1. The third-order valence-corrected chi connectivity index (χ3v) is 4.19. The van der Waals surface area contributed by atoms with E-state index in [1.54, 1.807) is 0 Å². The van der Waals surface area contributed by atoms with Crippen LogP contribution in [-0.2, 0) is 4.74 Å². The average molecular weight is 298 g/mol. The van der Waals surface area contributed by atoms with E-state index in [1.807, 2.05) is 25.7 Å². The van der Waals surface area contributed by atoms with E-state index in [2.05, 4.69) is 19.2 Å². The van der Waals surface area contributed by atoms with Gasteiger partial charge in [0.25, 0.3) is 0 Å². The minimum Gasteiger partial charge on any atom is -0.444 e. The lowest BCUT2D eigenvalue weighted by molar-refractivity contribution is 0.0166. The van der Waals surface area contributed by atoms with Crippen LogP contribution >= 0.6 is 0 Å². The average Bonchev–Trinajstić information content (AvgIpc) is 2.42. The molecule has 1 saturated heterocycles. The van der Waals surface area contributed by atoms with E-state index in [4.69, 9.17) is 4.74 Å². The second kappa shape index (κ2) is 8.62. The number of hydrogen-bond acceptors (Lipinski definition) is 3. The molecule has 0 aliphatic carbocycles. The lowest BCUT2D eigenvalue weighted by Crippen LogP contribution is -2.45. The Morgan fingerprint density at radius 2 is 2.00 bits per heavy atom. The molecule has 0 aromatic rings. The van der Waals surface area contributed by atoms with Gasteiger partial charge < -0.3 is 15.0 Å². The van der Waals surface area contributed by atoms with Crippen molar-refractivity contribution < 1.29 is 9.53 Å². The molecule has 1 aliphatic heterocycles. The van der Waals surface area contributed by atoms with Gasteiger partial charge in [0.2, 0.25) is 0 Å². The number of carbonyl (C=O) groups excluding carboxylic acids is 1. The third kappa shape index (κ3) is 7.16. The van der Waals surface area contributed by atoms with E-state index in [1.165, 1.54) is 19.3 Å². The summed E-state index contributed by atoms with van der Waals surface area (Å²) in [6.07, 6.45) is 4.59. The molecule has 1 heterocycles. The van der Waals surface area contributed by atoms with Crippen molar-refractivity contribution >= 4 is 6.09 Å². The molecule has 4 heteroatoms. The summed E-state index contributed by atoms with van der Waals surface area (Å²) < 4.78 is 5.47. The Kier molecular flexibility index (Phi) is 7.50. The molecule has 0 aromatic heterocycles. The molecule has 1 rings (SSSR count). The predicted molar refractivity (Wildman–Crippen MR) is 87.5 cm³/mol. The number of ether oxygens (including phenoxy) is 1. The Labute approximate surface area is 130 Å². The summed E-state index contributed by atoms with van der Waals surface area (Å²) in [5.41, 5.74) is -0.405. The monoisotopic (exact) mass is 298 g/mol. The fourth-order valence-corrected chi connectivity index (χ4v) is 2.79. The zero-order valence-corrected chi connectivity index (χ0v) is 14.6. The molecule has 0 aromatic carbocycles. The number of carbonyl (C=O) groups is 1. The summed E-state index contributed by atoms with van der Waals surface area (Å²) in [5.74, 6) is 1.33. The van der Waals surface area contributed by atoms with Gasteiger partial charge in [0.1, 0.15) is 5.60 Å². The van der Waals surface area contributed by atoms with Gasteiger partial charge in [-0.25, -0.2) is 4.79 Å². The summed E-state index contributed by atoms with van der Waals surface area (Å²) in [6, 6.07) is 0. The first-order chi connectivity index (χ1) is 9.85. The first-order valence-electron chi connectivity index (χ1n) is 8.54. The van der Waals surface area contributed by atoms with Crippen LogP contribution in [0.5, 0.6) is 0 Å². The molecule has 1 amide bonds. The fourth-order valence-electron chi connectivity index (χ4n) is 2.79. The smallest absolute Gasteiger partial charge is 0.410 e. The van der Waals surface area contributed by atoms with Gasteiger partial charge in [-0.3, -0.25) is 0 Å². The van der Waals surface area contributed by atoms with E-state index in [-0.39, 0.29) is 6.09 Å². The topological polar surface area (TPSA) is 41.6 Å². The van der Waals surface area contributed by atoms with Crippen LogP contribution in [-0.4, -0.2) is 42.8 Å². The van der Waals surface area contributed by atoms with Crippen LogP contribution in [0.15, 0.2) is 0 Å². The Balaban J connectivity index is 2.33. The minimum absolute atomic E-state index is 0.160.